The minimum Gasteiger partial charge on any atom is -0.396 e. The van der Waals surface area contributed by atoms with Gasteiger partial charge >= 0.3 is 0 Å². The molecular weight excluding hydrogens is 426 g/mol. The molecule has 4 rings (SSSR count). The van der Waals surface area contributed by atoms with Gasteiger partial charge in [0.25, 0.3) is 0 Å². The van der Waals surface area contributed by atoms with E-state index in [1.165, 1.54) is 4.88 Å². The molecule has 0 saturated carbocycles. The van der Waals surface area contributed by atoms with E-state index in [-0.39, 0.29) is 6.61 Å². The Hall–Kier alpha value is -2.55. The molecule has 162 valence electrons. The Morgan fingerprint density at radius 1 is 1.06 bits per heavy atom. The summed E-state index contributed by atoms with van der Waals surface area (Å²) in [4.78, 5) is 15.6. The molecule has 1 unspecified atom stereocenters. The first-order valence-corrected chi connectivity index (χ1v) is 12.2. The van der Waals surface area contributed by atoms with Gasteiger partial charge in [-0.1, -0.05) is 25.1 Å². The molecule has 0 amide bonds. The minimum absolute atomic E-state index is 0.223. The molecule has 4 aromatic rings. The van der Waals surface area contributed by atoms with Crippen LogP contribution in [0.3, 0.4) is 0 Å². The second kappa shape index (κ2) is 10.2. The molecule has 0 radical (unpaired) electrons. The van der Waals surface area contributed by atoms with E-state index in [9.17, 15) is 5.11 Å². The smallest absolute Gasteiger partial charge is 0.225 e. The third-order valence-electron chi connectivity index (χ3n) is 5.08. The molecular formula is C23H27N5OS2. The maximum atomic E-state index is 9.27. The van der Waals surface area contributed by atoms with Crippen LogP contribution in [0.1, 0.15) is 30.3 Å². The maximum Gasteiger partial charge on any atom is 0.225 e. The lowest BCUT2D eigenvalue weighted by Gasteiger charge is -2.15. The number of hydrogen-bond acceptors (Lipinski definition) is 8. The molecule has 1 aromatic carbocycles. The van der Waals surface area contributed by atoms with Crippen LogP contribution in [-0.4, -0.2) is 33.2 Å². The Balaban J connectivity index is 1.61. The van der Waals surface area contributed by atoms with Gasteiger partial charge < -0.3 is 15.7 Å². The molecule has 0 bridgehead atoms. The fourth-order valence-electron chi connectivity index (χ4n) is 3.34. The third-order valence-corrected chi connectivity index (χ3v) is 7.01. The van der Waals surface area contributed by atoms with Gasteiger partial charge in [-0.2, -0.15) is 4.98 Å². The number of nitrogens with one attached hydrogen (secondary N) is 2. The summed E-state index contributed by atoms with van der Waals surface area (Å²) in [5, 5.41) is 19.1. The maximum absolute atomic E-state index is 9.27. The van der Waals surface area contributed by atoms with Crippen molar-refractivity contribution in [3.8, 4) is 10.6 Å². The lowest BCUT2D eigenvalue weighted by atomic mass is 10.1. The highest BCUT2D eigenvalue weighted by Crippen LogP contribution is 2.36. The van der Waals surface area contributed by atoms with Crippen LogP contribution < -0.4 is 10.6 Å². The number of anilines is 2. The van der Waals surface area contributed by atoms with E-state index in [1.807, 2.05) is 31.2 Å². The second-order valence-electron chi connectivity index (χ2n) is 7.63. The fraction of sp³-hybridized carbons (Fsp3) is 0.348. The SMILES string of the molecule is Cc1nc(NCc2cccs2)nc(NCCCC(C)CO)c1-c1nc2ccccc2s1. The Kier molecular flexibility index (Phi) is 7.11. The largest absolute Gasteiger partial charge is 0.396 e. The average Bonchev–Trinajstić information content (AvgIpc) is 3.44. The summed E-state index contributed by atoms with van der Waals surface area (Å²) in [6.45, 7) is 5.78. The molecule has 3 N–H and O–H groups in total. The number of benzene rings is 1. The number of aryl methyl sites for hydroxylation is 1. The summed E-state index contributed by atoms with van der Waals surface area (Å²) in [5.41, 5.74) is 2.84. The van der Waals surface area contributed by atoms with E-state index in [1.54, 1.807) is 22.7 Å². The minimum atomic E-state index is 0.223. The predicted octanol–water partition coefficient (Wildman–Crippen LogP) is 5.56. The highest BCUT2D eigenvalue weighted by molar-refractivity contribution is 7.21. The van der Waals surface area contributed by atoms with Crippen molar-refractivity contribution in [1.82, 2.24) is 15.0 Å². The molecule has 8 heteroatoms. The molecule has 0 aliphatic heterocycles. The van der Waals surface area contributed by atoms with Gasteiger partial charge in [-0.3, -0.25) is 0 Å². The number of aliphatic hydroxyl groups excluding tert-OH is 1. The van der Waals surface area contributed by atoms with Crippen molar-refractivity contribution in [2.75, 3.05) is 23.8 Å². The summed E-state index contributed by atoms with van der Waals surface area (Å²) in [5.74, 6) is 1.72. The van der Waals surface area contributed by atoms with Gasteiger partial charge in [0, 0.05) is 18.0 Å². The zero-order chi connectivity index (χ0) is 21.6. The molecule has 31 heavy (non-hydrogen) atoms. The first-order valence-electron chi connectivity index (χ1n) is 10.5. The molecule has 3 heterocycles. The van der Waals surface area contributed by atoms with Crippen molar-refractivity contribution < 1.29 is 5.11 Å². The number of aromatic nitrogens is 3. The van der Waals surface area contributed by atoms with Crippen molar-refractivity contribution in [3.63, 3.8) is 0 Å². The number of aliphatic hydroxyl groups is 1. The van der Waals surface area contributed by atoms with Crippen molar-refractivity contribution >= 4 is 44.7 Å². The van der Waals surface area contributed by atoms with Gasteiger partial charge in [0.1, 0.15) is 10.8 Å². The number of fused-ring (bicyclic) bond motifs is 1. The van der Waals surface area contributed by atoms with Crippen molar-refractivity contribution in [3.05, 3.63) is 52.3 Å². The zero-order valence-electron chi connectivity index (χ0n) is 17.8. The molecule has 0 aliphatic rings. The van der Waals surface area contributed by atoms with Gasteiger partial charge in [0.05, 0.1) is 28.0 Å². The molecule has 3 aromatic heterocycles. The van der Waals surface area contributed by atoms with Crippen LogP contribution in [0.2, 0.25) is 0 Å². The van der Waals surface area contributed by atoms with Gasteiger partial charge in [-0.05, 0) is 49.3 Å². The van der Waals surface area contributed by atoms with E-state index in [4.69, 9.17) is 15.0 Å². The highest BCUT2D eigenvalue weighted by atomic mass is 32.1. The highest BCUT2D eigenvalue weighted by Gasteiger charge is 2.17. The first-order chi connectivity index (χ1) is 15.1. The summed E-state index contributed by atoms with van der Waals surface area (Å²) in [7, 11) is 0. The van der Waals surface area contributed by atoms with E-state index in [0.717, 1.165) is 51.7 Å². The number of para-hydroxylation sites is 1. The van der Waals surface area contributed by atoms with Crippen molar-refractivity contribution in [2.24, 2.45) is 5.92 Å². The number of thiazole rings is 1. The standard InChI is InChI=1S/C23H27N5OS2/c1-15(14-29)7-5-11-24-21-20(22-27-18-9-3-4-10-19(18)31-22)16(2)26-23(28-21)25-13-17-8-6-12-30-17/h3-4,6,8-10,12,15,29H,5,7,11,13-14H2,1-2H3,(H2,24,25,26,28). The molecule has 0 saturated heterocycles. The average molecular weight is 454 g/mol. The zero-order valence-corrected chi connectivity index (χ0v) is 19.4. The van der Waals surface area contributed by atoms with Crippen LogP contribution >= 0.6 is 22.7 Å². The number of hydrogen-bond donors (Lipinski definition) is 3. The summed E-state index contributed by atoms with van der Waals surface area (Å²) in [6, 6.07) is 12.3. The van der Waals surface area contributed by atoms with Crippen LogP contribution in [0.5, 0.6) is 0 Å². The molecule has 0 fully saturated rings. The Bertz CT molecular complexity index is 1090. The third kappa shape index (κ3) is 5.39. The Morgan fingerprint density at radius 3 is 2.71 bits per heavy atom. The second-order valence-corrected chi connectivity index (χ2v) is 9.70. The number of nitrogens with zero attached hydrogens (tertiary/aromatic N) is 3. The van der Waals surface area contributed by atoms with Crippen LogP contribution in [-0.2, 0) is 6.54 Å². The van der Waals surface area contributed by atoms with Crippen LogP contribution in [0.25, 0.3) is 20.8 Å². The van der Waals surface area contributed by atoms with Crippen molar-refractivity contribution in [2.45, 2.75) is 33.2 Å². The molecule has 1 atom stereocenters. The lowest BCUT2D eigenvalue weighted by Crippen LogP contribution is -2.12. The van der Waals surface area contributed by atoms with Gasteiger partial charge in [0.15, 0.2) is 0 Å². The fourth-order valence-corrected chi connectivity index (χ4v) is 5.05. The Morgan fingerprint density at radius 2 is 1.94 bits per heavy atom. The topological polar surface area (TPSA) is 83.0 Å². The normalized spacial score (nSPS) is 12.2. The lowest BCUT2D eigenvalue weighted by molar-refractivity contribution is 0.229. The van der Waals surface area contributed by atoms with E-state index in [0.29, 0.717) is 18.4 Å². The van der Waals surface area contributed by atoms with Crippen LogP contribution in [0.15, 0.2) is 41.8 Å². The monoisotopic (exact) mass is 453 g/mol. The molecule has 6 nitrogen and oxygen atoms in total. The van der Waals surface area contributed by atoms with Gasteiger partial charge in [-0.25, -0.2) is 9.97 Å². The van der Waals surface area contributed by atoms with Crippen LogP contribution in [0, 0.1) is 12.8 Å². The van der Waals surface area contributed by atoms with Crippen LogP contribution in [0.4, 0.5) is 11.8 Å². The predicted molar refractivity (Wildman–Crippen MR) is 131 cm³/mol. The van der Waals surface area contributed by atoms with E-state index in [2.05, 4.69) is 35.1 Å². The molecule has 0 aliphatic carbocycles. The van der Waals surface area contributed by atoms with Gasteiger partial charge in [-0.15, -0.1) is 22.7 Å². The number of thiophene rings is 1. The van der Waals surface area contributed by atoms with Crippen molar-refractivity contribution in [1.29, 1.82) is 0 Å². The van der Waals surface area contributed by atoms with E-state index >= 15 is 0 Å². The van der Waals surface area contributed by atoms with Gasteiger partial charge in [0.2, 0.25) is 5.95 Å². The quantitative estimate of drug-likeness (QED) is 0.273. The Labute approximate surface area is 190 Å². The summed E-state index contributed by atoms with van der Waals surface area (Å²) in [6.07, 6.45) is 1.93. The summed E-state index contributed by atoms with van der Waals surface area (Å²) >= 11 is 3.37. The first kappa shape index (κ1) is 21.7. The van der Waals surface area contributed by atoms with E-state index < -0.39 is 0 Å². The summed E-state index contributed by atoms with van der Waals surface area (Å²) < 4.78 is 1.15. The number of rotatable bonds is 10. The molecule has 0 spiro atoms.